The van der Waals surface area contributed by atoms with E-state index in [9.17, 15) is 27.9 Å². The van der Waals surface area contributed by atoms with Crippen LogP contribution in [0.5, 0.6) is 5.75 Å². The second kappa shape index (κ2) is 5.67. The first-order valence-electron chi connectivity index (χ1n) is 6.22. The molecular formula is C15H11F3O4. The summed E-state index contributed by atoms with van der Waals surface area (Å²) in [6.07, 6.45) is -5.28. The van der Waals surface area contributed by atoms with Crippen LogP contribution < -0.4 is 5.63 Å². The summed E-state index contributed by atoms with van der Waals surface area (Å²) in [6, 6.07) is 5.61. The number of aromatic hydroxyl groups is 1. The molecule has 0 aliphatic rings. The van der Waals surface area contributed by atoms with Gasteiger partial charge in [0.1, 0.15) is 17.1 Å². The minimum Gasteiger partial charge on any atom is -0.507 e. The number of hydrogen-bond donors (Lipinski definition) is 1. The highest BCUT2D eigenvalue weighted by molar-refractivity contribution is 5.99. The maximum atomic E-state index is 12.9. The molecule has 22 heavy (non-hydrogen) atoms. The van der Waals surface area contributed by atoms with Gasteiger partial charge in [0.05, 0.1) is 5.56 Å². The van der Waals surface area contributed by atoms with Crippen molar-refractivity contribution in [3.8, 4) is 5.75 Å². The molecule has 1 heterocycles. The van der Waals surface area contributed by atoms with Gasteiger partial charge in [0.2, 0.25) is 0 Å². The smallest absolute Gasteiger partial charge is 0.416 e. The van der Waals surface area contributed by atoms with Crippen molar-refractivity contribution in [2.24, 2.45) is 0 Å². The van der Waals surface area contributed by atoms with Crippen LogP contribution in [0.25, 0.3) is 0 Å². The molecule has 1 N–H and O–H groups in total. The van der Waals surface area contributed by atoms with Crippen LogP contribution in [0.1, 0.15) is 27.2 Å². The van der Waals surface area contributed by atoms with Gasteiger partial charge in [-0.2, -0.15) is 13.2 Å². The third-order valence-electron chi connectivity index (χ3n) is 3.01. The molecule has 0 bridgehead atoms. The van der Waals surface area contributed by atoms with Crippen LogP contribution >= 0.6 is 0 Å². The molecule has 0 saturated heterocycles. The van der Waals surface area contributed by atoms with Crippen LogP contribution in [0.15, 0.2) is 39.5 Å². The Hall–Kier alpha value is -2.57. The summed E-state index contributed by atoms with van der Waals surface area (Å²) in [6.45, 7) is 1.40. The molecule has 2 aromatic rings. The Morgan fingerprint density at radius 3 is 2.50 bits per heavy atom. The average Bonchev–Trinajstić information content (AvgIpc) is 2.36. The molecule has 0 aliphatic heterocycles. The number of halogens is 3. The second-order valence-electron chi connectivity index (χ2n) is 4.66. The lowest BCUT2D eigenvalue weighted by Crippen LogP contribution is -2.18. The molecule has 4 nitrogen and oxygen atoms in total. The van der Waals surface area contributed by atoms with Crippen molar-refractivity contribution in [2.75, 3.05) is 0 Å². The Kier molecular flexibility index (Phi) is 4.07. The number of alkyl halides is 3. The minimum atomic E-state index is -4.61. The predicted octanol–water partition coefficient (Wildman–Crippen LogP) is 3.10. The van der Waals surface area contributed by atoms with E-state index in [4.69, 9.17) is 0 Å². The summed E-state index contributed by atoms with van der Waals surface area (Å²) in [5.74, 6) is -1.46. The van der Waals surface area contributed by atoms with Gasteiger partial charge in [-0.05, 0) is 18.6 Å². The Labute approximate surface area is 122 Å². The molecule has 1 aromatic carbocycles. The van der Waals surface area contributed by atoms with Crippen molar-refractivity contribution in [1.82, 2.24) is 0 Å². The van der Waals surface area contributed by atoms with Gasteiger partial charge in [-0.1, -0.05) is 18.2 Å². The molecule has 0 spiro atoms. The SMILES string of the molecule is Cc1cc(O)c(C(=O)Cc2ccccc2C(F)(F)F)c(=O)o1. The molecule has 0 radical (unpaired) electrons. The zero-order valence-corrected chi connectivity index (χ0v) is 11.4. The number of Topliss-reactive ketones (excluding diaryl/α,β-unsaturated/α-hetero) is 1. The summed E-state index contributed by atoms with van der Waals surface area (Å²) in [7, 11) is 0. The molecule has 0 unspecified atom stereocenters. The van der Waals surface area contributed by atoms with Crippen molar-refractivity contribution in [1.29, 1.82) is 0 Å². The van der Waals surface area contributed by atoms with Gasteiger partial charge in [-0.15, -0.1) is 0 Å². The summed E-state index contributed by atoms with van der Waals surface area (Å²) in [5, 5.41) is 9.65. The topological polar surface area (TPSA) is 67.5 Å². The number of benzene rings is 1. The molecular weight excluding hydrogens is 301 g/mol. The molecule has 0 atom stereocenters. The van der Waals surface area contributed by atoms with Gasteiger partial charge in [-0.3, -0.25) is 4.79 Å². The second-order valence-corrected chi connectivity index (χ2v) is 4.66. The average molecular weight is 312 g/mol. The van der Waals surface area contributed by atoms with Gasteiger partial charge in [0, 0.05) is 12.5 Å². The highest BCUT2D eigenvalue weighted by Crippen LogP contribution is 2.32. The van der Waals surface area contributed by atoms with E-state index in [1.807, 2.05) is 0 Å². The van der Waals surface area contributed by atoms with E-state index in [0.29, 0.717) is 0 Å². The fourth-order valence-corrected chi connectivity index (χ4v) is 2.07. The van der Waals surface area contributed by atoms with Crippen molar-refractivity contribution in [3.05, 3.63) is 63.2 Å². The molecule has 0 fully saturated rings. The van der Waals surface area contributed by atoms with Crippen LogP contribution in [0.4, 0.5) is 13.2 Å². The summed E-state index contributed by atoms with van der Waals surface area (Å²) < 4.78 is 43.3. The van der Waals surface area contributed by atoms with Crippen LogP contribution in [-0.4, -0.2) is 10.9 Å². The maximum Gasteiger partial charge on any atom is 0.416 e. The number of hydrogen-bond acceptors (Lipinski definition) is 4. The van der Waals surface area contributed by atoms with Crippen molar-refractivity contribution in [3.63, 3.8) is 0 Å². The first-order chi connectivity index (χ1) is 10.2. The number of carbonyl (C=O) groups excluding carboxylic acids is 1. The van der Waals surface area contributed by atoms with E-state index in [1.54, 1.807) is 0 Å². The van der Waals surface area contributed by atoms with E-state index >= 15 is 0 Å². The Balaban J connectivity index is 2.41. The van der Waals surface area contributed by atoms with Crippen LogP contribution in [0.2, 0.25) is 0 Å². The van der Waals surface area contributed by atoms with Gasteiger partial charge in [-0.25, -0.2) is 4.79 Å². The number of rotatable bonds is 3. The lowest BCUT2D eigenvalue weighted by molar-refractivity contribution is -0.138. The Bertz CT molecular complexity index is 775. The van der Waals surface area contributed by atoms with E-state index in [-0.39, 0.29) is 11.3 Å². The third kappa shape index (κ3) is 3.19. The van der Waals surface area contributed by atoms with Gasteiger partial charge in [0.15, 0.2) is 5.78 Å². The van der Waals surface area contributed by atoms with Gasteiger partial charge in [0.25, 0.3) is 0 Å². The fourth-order valence-electron chi connectivity index (χ4n) is 2.07. The van der Waals surface area contributed by atoms with E-state index in [1.165, 1.54) is 19.1 Å². The van der Waals surface area contributed by atoms with Crippen molar-refractivity contribution >= 4 is 5.78 Å². The molecule has 116 valence electrons. The molecule has 2 rings (SSSR count). The van der Waals surface area contributed by atoms with E-state index in [2.05, 4.69) is 4.42 Å². The van der Waals surface area contributed by atoms with Crippen LogP contribution in [0, 0.1) is 6.92 Å². The highest BCUT2D eigenvalue weighted by atomic mass is 19.4. The van der Waals surface area contributed by atoms with E-state index in [0.717, 1.165) is 18.2 Å². The summed E-state index contributed by atoms with van der Waals surface area (Å²) in [4.78, 5) is 23.7. The monoisotopic (exact) mass is 312 g/mol. The van der Waals surface area contributed by atoms with Crippen molar-refractivity contribution in [2.45, 2.75) is 19.5 Å². The molecule has 0 saturated carbocycles. The lowest BCUT2D eigenvalue weighted by Gasteiger charge is -2.12. The first kappa shape index (κ1) is 15.8. The fraction of sp³-hybridized carbons (Fsp3) is 0.200. The van der Waals surface area contributed by atoms with Gasteiger partial charge < -0.3 is 9.52 Å². The minimum absolute atomic E-state index is 0.0924. The number of carbonyl (C=O) groups is 1. The molecule has 0 amide bonds. The normalized spacial score (nSPS) is 11.5. The summed E-state index contributed by atoms with van der Waals surface area (Å²) in [5.41, 5.74) is -2.96. The maximum absolute atomic E-state index is 12.9. The van der Waals surface area contributed by atoms with Crippen LogP contribution in [0.3, 0.4) is 0 Å². The zero-order valence-electron chi connectivity index (χ0n) is 11.4. The number of aryl methyl sites for hydroxylation is 1. The van der Waals surface area contributed by atoms with Crippen LogP contribution in [-0.2, 0) is 12.6 Å². The molecule has 7 heteroatoms. The standard InChI is InChI=1S/C15H11F3O4/c1-8-6-11(19)13(14(21)22-8)12(20)7-9-4-2-3-5-10(9)15(16,17)18/h2-6,19H,7H2,1H3. The third-order valence-corrected chi connectivity index (χ3v) is 3.01. The summed E-state index contributed by atoms with van der Waals surface area (Å²) >= 11 is 0. The molecule has 0 aliphatic carbocycles. The Morgan fingerprint density at radius 2 is 1.91 bits per heavy atom. The first-order valence-corrected chi connectivity index (χ1v) is 6.22. The van der Waals surface area contributed by atoms with E-state index < -0.39 is 40.9 Å². The van der Waals surface area contributed by atoms with Crippen molar-refractivity contribution < 1.29 is 27.5 Å². The lowest BCUT2D eigenvalue weighted by atomic mass is 9.99. The van der Waals surface area contributed by atoms with Gasteiger partial charge >= 0.3 is 11.8 Å². The quantitative estimate of drug-likeness (QED) is 0.884. The Morgan fingerprint density at radius 1 is 1.27 bits per heavy atom. The molecule has 1 aromatic heterocycles. The highest BCUT2D eigenvalue weighted by Gasteiger charge is 2.33. The predicted molar refractivity (Wildman–Crippen MR) is 70.9 cm³/mol. The largest absolute Gasteiger partial charge is 0.507 e. The number of ketones is 1. The zero-order chi connectivity index (χ0) is 16.5.